The van der Waals surface area contributed by atoms with E-state index in [-0.39, 0.29) is 18.3 Å². The standard InChI is InChI=1S/C8H18N4O3S/c1-7(6-8(9)10)11-16(13,14)12-2-4-15-5-3-12/h7,11H,2-6H2,1H3,(H3,9,10). The van der Waals surface area contributed by atoms with E-state index in [9.17, 15) is 8.42 Å². The van der Waals surface area contributed by atoms with E-state index < -0.39 is 10.2 Å². The van der Waals surface area contributed by atoms with Crippen LogP contribution in [0, 0.1) is 5.41 Å². The minimum Gasteiger partial charge on any atom is -0.388 e. The van der Waals surface area contributed by atoms with E-state index in [4.69, 9.17) is 15.9 Å². The van der Waals surface area contributed by atoms with Crippen LogP contribution in [0.1, 0.15) is 13.3 Å². The molecule has 1 saturated heterocycles. The van der Waals surface area contributed by atoms with Crippen LogP contribution < -0.4 is 10.5 Å². The van der Waals surface area contributed by atoms with Gasteiger partial charge in [0.25, 0.3) is 10.2 Å². The lowest BCUT2D eigenvalue weighted by Crippen LogP contribution is -2.49. The molecule has 0 aromatic carbocycles. The number of nitrogens with zero attached hydrogens (tertiary/aromatic N) is 1. The molecule has 1 atom stereocenters. The first-order valence-electron chi connectivity index (χ1n) is 5.10. The summed E-state index contributed by atoms with van der Waals surface area (Å²) in [6.45, 7) is 3.24. The summed E-state index contributed by atoms with van der Waals surface area (Å²) in [4.78, 5) is 0. The topological polar surface area (TPSA) is 109 Å². The van der Waals surface area contributed by atoms with Gasteiger partial charge < -0.3 is 10.5 Å². The molecule has 1 fully saturated rings. The van der Waals surface area contributed by atoms with Crippen LogP contribution in [0.5, 0.6) is 0 Å². The lowest BCUT2D eigenvalue weighted by molar-refractivity contribution is 0.0723. The molecule has 0 aromatic rings. The molecule has 0 aromatic heterocycles. The second-order valence-corrected chi connectivity index (χ2v) is 5.47. The van der Waals surface area contributed by atoms with E-state index in [1.54, 1.807) is 6.92 Å². The van der Waals surface area contributed by atoms with Crippen LogP contribution in [-0.2, 0) is 14.9 Å². The first-order chi connectivity index (χ1) is 7.42. The highest BCUT2D eigenvalue weighted by Gasteiger charge is 2.25. The molecule has 8 heteroatoms. The Balaban J connectivity index is 2.53. The molecule has 4 N–H and O–H groups in total. The number of amidine groups is 1. The van der Waals surface area contributed by atoms with Gasteiger partial charge in [-0.2, -0.15) is 17.4 Å². The van der Waals surface area contributed by atoms with E-state index in [2.05, 4.69) is 4.72 Å². The third-order valence-electron chi connectivity index (χ3n) is 2.19. The highest BCUT2D eigenvalue weighted by Crippen LogP contribution is 2.04. The Hall–Kier alpha value is -0.700. The molecule has 94 valence electrons. The van der Waals surface area contributed by atoms with Crippen molar-refractivity contribution in [2.75, 3.05) is 26.3 Å². The van der Waals surface area contributed by atoms with Crippen LogP contribution in [0.25, 0.3) is 0 Å². The molecule has 1 heterocycles. The summed E-state index contributed by atoms with van der Waals surface area (Å²) in [5.41, 5.74) is 5.21. The Labute approximate surface area is 95.6 Å². The molecule has 0 radical (unpaired) electrons. The number of hydrogen-bond donors (Lipinski definition) is 3. The zero-order valence-corrected chi connectivity index (χ0v) is 10.1. The Bertz CT molecular complexity index is 337. The van der Waals surface area contributed by atoms with Crippen LogP contribution in [0.4, 0.5) is 0 Å². The molecule has 1 unspecified atom stereocenters. The summed E-state index contributed by atoms with van der Waals surface area (Å²) in [6.07, 6.45) is 0.212. The molecule has 1 rings (SSSR count). The van der Waals surface area contributed by atoms with Crippen LogP contribution in [0.15, 0.2) is 0 Å². The fraction of sp³-hybridized carbons (Fsp3) is 0.875. The van der Waals surface area contributed by atoms with E-state index in [1.165, 1.54) is 4.31 Å². The predicted molar refractivity (Wildman–Crippen MR) is 60.4 cm³/mol. The van der Waals surface area contributed by atoms with Crippen molar-refractivity contribution in [2.45, 2.75) is 19.4 Å². The van der Waals surface area contributed by atoms with Gasteiger partial charge in [-0.15, -0.1) is 0 Å². The number of morpholine rings is 1. The third kappa shape index (κ3) is 4.05. The summed E-state index contributed by atoms with van der Waals surface area (Å²) in [5, 5.41) is 7.09. The number of ether oxygens (including phenoxy) is 1. The van der Waals surface area contributed by atoms with Crippen molar-refractivity contribution in [3.63, 3.8) is 0 Å². The molecule has 0 spiro atoms. The molecule has 0 saturated carbocycles. The van der Waals surface area contributed by atoms with Crippen molar-refractivity contribution in [1.29, 1.82) is 5.41 Å². The van der Waals surface area contributed by atoms with Gasteiger partial charge in [0.05, 0.1) is 19.0 Å². The lowest BCUT2D eigenvalue weighted by atomic mass is 10.2. The summed E-state index contributed by atoms with van der Waals surface area (Å²) in [7, 11) is -3.48. The average Bonchev–Trinajstić information content (AvgIpc) is 2.16. The summed E-state index contributed by atoms with van der Waals surface area (Å²) in [6, 6.07) is -0.370. The Morgan fingerprint density at radius 1 is 1.56 bits per heavy atom. The fourth-order valence-corrected chi connectivity index (χ4v) is 2.86. The van der Waals surface area contributed by atoms with E-state index >= 15 is 0 Å². The molecular weight excluding hydrogens is 232 g/mol. The fourth-order valence-electron chi connectivity index (χ4n) is 1.49. The summed E-state index contributed by atoms with van der Waals surface area (Å²) >= 11 is 0. The van der Waals surface area contributed by atoms with Gasteiger partial charge in [0, 0.05) is 25.6 Å². The number of nitrogens with two attached hydrogens (primary N) is 1. The molecule has 7 nitrogen and oxygen atoms in total. The maximum atomic E-state index is 11.8. The number of nitrogens with one attached hydrogen (secondary N) is 2. The summed E-state index contributed by atoms with van der Waals surface area (Å²) < 4.78 is 32.5. The monoisotopic (exact) mass is 250 g/mol. The molecule has 0 amide bonds. The minimum absolute atomic E-state index is 0.0304. The average molecular weight is 250 g/mol. The lowest BCUT2D eigenvalue weighted by Gasteiger charge is -2.27. The van der Waals surface area contributed by atoms with Crippen molar-refractivity contribution in [3.8, 4) is 0 Å². The number of hydrogen-bond acceptors (Lipinski definition) is 4. The van der Waals surface area contributed by atoms with Gasteiger partial charge in [-0.05, 0) is 6.92 Å². The molecule has 0 aliphatic carbocycles. The van der Waals surface area contributed by atoms with Crippen LogP contribution in [-0.4, -0.2) is 50.9 Å². The van der Waals surface area contributed by atoms with Crippen molar-refractivity contribution in [1.82, 2.24) is 9.03 Å². The zero-order chi connectivity index (χ0) is 12.2. The molecule has 1 aliphatic rings. The summed E-state index contributed by atoms with van der Waals surface area (Å²) in [5.74, 6) is -0.0304. The van der Waals surface area contributed by atoms with E-state index in [1.807, 2.05) is 0 Å². The van der Waals surface area contributed by atoms with Crippen LogP contribution in [0.2, 0.25) is 0 Å². The van der Waals surface area contributed by atoms with Gasteiger partial charge in [-0.25, -0.2) is 0 Å². The maximum Gasteiger partial charge on any atom is 0.279 e. The van der Waals surface area contributed by atoms with Gasteiger partial charge in [0.1, 0.15) is 0 Å². The van der Waals surface area contributed by atoms with Gasteiger partial charge >= 0.3 is 0 Å². The maximum absolute atomic E-state index is 11.8. The van der Waals surface area contributed by atoms with Gasteiger partial charge in [-0.1, -0.05) is 0 Å². The van der Waals surface area contributed by atoms with Gasteiger partial charge in [-0.3, -0.25) is 5.41 Å². The second kappa shape index (κ2) is 5.58. The largest absolute Gasteiger partial charge is 0.388 e. The van der Waals surface area contributed by atoms with E-state index in [0.29, 0.717) is 26.3 Å². The Kier molecular flexibility index (Phi) is 4.66. The van der Waals surface area contributed by atoms with Crippen molar-refractivity contribution in [2.24, 2.45) is 5.73 Å². The van der Waals surface area contributed by atoms with Crippen molar-refractivity contribution >= 4 is 16.0 Å². The Morgan fingerprint density at radius 3 is 2.62 bits per heavy atom. The number of rotatable bonds is 5. The normalized spacial score (nSPS) is 20.6. The van der Waals surface area contributed by atoms with Gasteiger partial charge in [0.2, 0.25) is 0 Å². The molecular formula is C8H18N4O3S. The van der Waals surface area contributed by atoms with Gasteiger partial charge in [0.15, 0.2) is 0 Å². The van der Waals surface area contributed by atoms with Crippen molar-refractivity contribution < 1.29 is 13.2 Å². The smallest absolute Gasteiger partial charge is 0.279 e. The first kappa shape index (κ1) is 13.4. The zero-order valence-electron chi connectivity index (χ0n) is 9.27. The molecule has 16 heavy (non-hydrogen) atoms. The highest BCUT2D eigenvalue weighted by atomic mass is 32.2. The minimum atomic E-state index is -3.48. The van der Waals surface area contributed by atoms with Crippen LogP contribution >= 0.6 is 0 Å². The molecule has 1 aliphatic heterocycles. The SMILES string of the molecule is CC(CC(=N)N)NS(=O)(=O)N1CCOCC1. The van der Waals surface area contributed by atoms with Crippen molar-refractivity contribution in [3.05, 3.63) is 0 Å². The Morgan fingerprint density at radius 2 is 2.12 bits per heavy atom. The second-order valence-electron chi connectivity index (χ2n) is 3.76. The highest BCUT2D eigenvalue weighted by molar-refractivity contribution is 7.87. The first-order valence-corrected chi connectivity index (χ1v) is 6.54. The molecule has 0 bridgehead atoms. The van der Waals surface area contributed by atoms with Crippen LogP contribution in [0.3, 0.4) is 0 Å². The third-order valence-corrected chi connectivity index (χ3v) is 3.93. The quantitative estimate of drug-likeness (QED) is 0.423. The predicted octanol–water partition coefficient (Wildman–Crippen LogP) is -1.13. The van der Waals surface area contributed by atoms with E-state index in [0.717, 1.165) is 0 Å².